The largest absolute Gasteiger partial charge is 0.368 e. The molecular weight excluding hydrogens is 540 g/mol. The summed E-state index contributed by atoms with van der Waals surface area (Å²) < 4.78 is 3.49. The normalized spacial score (nSPS) is 13.8. The SMILES string of the molecule is Cc1nn(-c2ccnnc2)c(C)c1-c1cc2cnc(Nc3ccc(N4CCNCC4)c(Cl)c3)nc2n(C(C)C)c1=O. The summed E-state index contributed by atoms with van der Waals surface area (Å²) in [6.45, 7) is 11.5. The van der Waals surface area contributed by atoms with Gasteiger partial charge in [0.25, 0.3) is 5.56 Å². The first-order chi connectivity index (χ1) is 19.8. The Morgan fingerprint density at radius 3 is 2.56 bits per heavy atom. The fourth-order valence-electron chi connectivity index (χ4n) is 5.41. The minimum absolute atomic E-state index is 0.138. The highest BCUT2D eigenvalue weighted by atomic mass is 35.5. The third kappa shape index (κ3) is 5.02. The van der Waals surface area contributed by atoms with Crippen LogP contribution < -0.4 is 21.1 Å². The molecule has 0 atom stereocenters. The number of pyridine rings is 1. The van der Waals surface area contributed by atoms with Crippen LogP contribution in [0.1, 0.15) is 31.3 Å². The Hall–Kier alpha value is -4.35. The molecule has 0 saturated carbocycles. The van der Waals surface area contributed by atoms with Crippen LogP contribution in [0.5, 0.6) is 0 Å². The molecule has 0 unspecified atom stereocenters. The van der Waals surface area contributed by atoms with Gasteiger partial charge in [-0.2, -0.15) is 20.3 Å². The van der Waals surface area contributed by atoms with Crippen molar-refractivity contribution in [2.75, 3.05) is 36.4 Å². The van der Waals surface area contributed by atoms with E-state index in [-0.39, 0.29) is 11.6 Å². The molecule has 0 bridgehead atoms. The van der Waals surface area contributed by atoms with Crippen LogP contribution in [0.25, 0.3) is 27.8 Å². The standard InChI is InChI=1S/C29H31ClN10O/c1-17(2)39-27-20(13-23(28(39)41)26-18(3)37-40(19(26)4)22-7-8-33-34-16-22)15-32-29(36-27)35-21-5-6-25(24(30)14-21)38-11-9-31-10-12-38/h5-8,13-17,31H,9-12H2,1-4H3,(H,32,35,36). The van der Waals surface area contributed by atoms with E-state index in [1.165, 1.54) is 0 Å². The van der Waals surface area contributed by atoms with E-state index in [1.54, 1.807) is 27.8 Å². The van der Waals surface area contributed by atoms with Crippen LogP contribution in [0.3, 0.4) is 0 Å². The summed E-state index contributed by atoms with van der Waals surface area (Å²) in [5.41, 5.74) is 5.88. The van der Waals surface area contributed by atoms with Gasteiger partial charge >= 0.3 is 0 Å². The van der Waals surface area contributed by atoms with Gasteiger partial charge in [0.2, 0.25) is 5.95 Å². The minimum Gasteiger partial charge on any atom is -0.368 e. The quantitative estimate of drug-likeness (QED) is 0.305. The van der Waals surface area contributed by atoms with Crippen molar-refractivity contribution in [1.82, 2.24) is 39.8 Å². The lowest BCUT2D eigenvalue weighted by atomic mass is 10.0. The van der Waals surface area contributed by atoms with Crippen LogP contribution in [-0.4, -0.2) is 60.7 Å². The number of nitrogens with one attached hydrogen (secondary N) is 2. The molecule has 210 valence electrons. The molecule has 12 heteroatoms. The van der Waals surface area contributed by atoms with Gasteiger partial charge in [-0.05, 0) is 58.0 Å². The fraction of sp³-hybridized carbons (Fsp3) is 0.310. The average molecular weight is 571 g/mol. The second kappa shape index (κ2) is 10.9. The summed E-state index contributed by atoms with van der Waals surface area (Å²) in [6, 6.07) is 9.41. The first kappa shape index (κ1) is 26.9. The zero-order valence-electron chi connectivity index (χ0n) is 23.4. The van der Waals surface area contributed by atoms with Gasteiger partial charge in [0.15, 0.2) is 0 Å². The van der Waals surface area contributed by atoms with E-state index in [9.17, 15) is 4.79 Å². The predicted molar refractivity (Wildman–Crippen MR) is 162 cm³/mol. The summed E-state index contributed by atoms with van der Waals surface area (Å²) in [5, 5.41) is 20.6. The average Bonchev–Trinajstić information content (AvgIpc) is 3.26. The molecule has 1 saturated heterocycles. The van der Waals surface area contributed by atoms with E-state index in [0.29, 0.717) is 22.2 Å². The van der Waals surface area contributed by atoms with E-state index in [1.807, 2.05) is 58.0 Å². The predicted octanol–water partition coefficient (Wildman–Crippen LogP) is 4.44. The zero-order valence-corrected chi connectivity index (χ0v) is 24.1. The van der Waals surface area contributed by atoms with Crippen molar-refractivity contribution in [3.05, 3.63) is 75.7 Å². The smallest absolute Gasteiger partial charge is 0.260 e. The monoisotopic (exact) mass is 570 g/mol. The number of piperazine rings is 1. The molecule has 41 heavy (non-hydrogen) atoms. The highest BCUT2D eigenvalue weighted by Crippen LogP contribution is 2.32. The second-order valence-electron chi connectivity index (χ2n) is 10.4. The highest BCUT2D eigenvalue weighted by Gasteiger charge is 2.22. The maximum atomic E-state index is 14.0. The number of fused-ring (bicyclic) bond motifs is 1. The molecule has 5 aromatic rings. The number of anilines is 3. The number of aromatic nitrogens is 7. The molecule has 11 nitrogen and oxygen atoms in total. The third-order valence-electron chi connectivity index (χ3n) is 7.32. The van der Waals surface area contributed by atoms with Crippen molar-refractivity contribution in [2.24, 2.45) is 0 Å². The van der Waals surface area contributed by atoms with Crippen LogP contribution in [0.15, 0.2) is 53.7 Å². The Bertz CT molecular complexity index is 1790. The number of hydrogen-bond acceptors (Lipinski definition) is 9. The van der Waals surface area contributed by atoms with E-state index in [2.05, 4.69) is 30.7 Å². The van der Waals surface area contributed by atoms with Crippen LogP contribution >= 0.6 is 11.6 Å². The van der Waals surface area contributed by atoms with Crippen molar-refractivity contribution in [1.29, 1.82) is 0 Å². The minimum atomic E-state index is -0.140. The number of benzene rings is 1. The number of nitrogens with zero attached hydrogens (tertiary/aromatic N) is 8. The van der Waals surface area contributed by atoms with Gasteiger partial charge in [-0.1, -0.05) is 11.6 Å². The maximum Gasteiger partial charge on any atom is 0.260 e. The Labute approximate surface area is 242 Å². The lowest BCUT2D eigenvalue weighted by molar-refractivity contribution is 0.589. The zero-order chi connectivity index (χ0) is 28.7. The molecule has 6 rings (SSSR count). The van der Waals surface area contributed by atoms with E-state index < -0.39 is 0 Å². The first-order valence-electron chi connectivity index (χ1n) is 13.6. The molecule has 0 aliphatic carbocycles. The molecule has 0 radical (unpaired) electrons. The Kier molecular flexibility index (Phi) is 7.14. The molecule has 4 aromatic heterocycles. The summed E-state index contributed by atoms with van der Waals surface area (Å²) in [7, 11) is 0. The van der Waals surface area contributed by atoms with Crippen molar-refractivity contribution in [3.8, 4) is 16.8 Å². The molecule has 5 heterocycles. The van der Waals surface area contributed by atoms with Gasteiger partial charge in [0, 0.05) is 60.7 Å². The molecule has 0 spiro atoms. The number of aryl methyl sites for hydroxylation is 1. The van der Waals surface area contributed by atoms with Crippen molar-refractivity contribution in [2.45, 2.75) is 33.7 Å². The van der Waals surface area contributed by atoms with Gasteiger partial charge in [-0.15, -0.1) is 0 Å². The molecule has 1 fully saturated rings. The summed E-state index contributed by atoms with van der Waals surface area (Å²) in [5.74, 6) is 0.385. The van der Waals surface area contributed by atoms with Gasteiger partial charge in [-0.25, -0.2) is 9.67 Å². The third-order valence-corrected chi connectivity index (χ3v) is 7.63. The van der Waals surface area contributed by atoms with Crippen LogP contribution in [0.4, 0.5) is 17.3 Å². The molecule has 1 aliphatic rings. The number of halogens is 1. The van der Waals surface area contributed by atoms with E-state index in [4.69, 9.17) is 21.7 Å². The molecular formula is C29H31ClN10O. The Morgan fingerprint density at radius 1 is 1.05 bits per heavy atom. The second-order valence-corrected chi connectivity index (χ2v) is 10.8. The Morgan fingerprint density at radius 2 is 1.85 bits per heavy atom. The molecule has 0 amide bonds. The molecule has 1 aromatic carbocycles. The summed E-state index contributed by atoms with van der Waals surface area (Å²) in [6.07, 6.45) is 5.00. The molecule has 2 N–H and O–H groups in total. The number of rotatable bonds is 6. The highest BCUT2D eigenvalue weighted by molar-refractivity contribution is 6.33. The van der Waals surface area contributed by atoms with Crippen molar-refractivity contribution >= 4 is 40.0 Å². The van der Waals surface area contributed by atoms with Crippen molar-refractivity contribution in [3.63, 3.8) is 0 Å². The van der Waals surface area contributed by atoms with E-state index in [0.717, 1.165) is 65.6 Å². The lowest BCUT2D eigenvalue weighted by Crippen LogP contribution is -2.43. The van der Waals surface area contributed by atoms with Gasteiger partial charge in [0.05, 0.1) is 40.0 Å². The number of hydrogen-bond donors (Lipinski definition) is 2. The van der Waals surface area contributed by atoms with Crippen LogP contribution in [0.2, 0.25) is 5.02 Å². The summed E-state index contributed by atoms with van der Waals surface area (Å²) >= 11 is 6.65. The van der Waals surface area contributed by atoms with Crippen LogP contribution in [-0.2, 0) is 0 Å². The van der Waals surface area contributed by atoms with Gasteiger partial charge in [0.1, 0.15) is 5.65 Å². The summed E-state index contributed by atoms with van der Waals surface area (Å²) in [4.78, 5) is 25.6. The lowest BCUT2D eigenvalue weighted by Gasteiger charge is -2.30. The molecule has 1 aliphatic heterocycles. The van der Waals surface area contributed by atoms with Gasteiger partial charge in [-0.3, -0.25) is 9.36 Å². The fourth-order valence-corrected chi connectivity index (χ4v) is 5.71. The Balaban J connectivity index is 1.38. The first-order valence-corrected chi connectivity index (χ1v) is 14.0. The van der Waals surface area contributed by atoms with Gasteiger partial charge < -0.3 is 15.5 Å². The van der Waals surface area contributed by atoms with E-state index >= 15 is 0 Å². The van der Waals surface area contributed by atoms with Crippen LogP contribution in [0, 0.1) is 13.8 Å². The van der Waals surface area contributed by atoms with Crippen molar-refractivity contribution < 1.29 is 0 Å². The maximum absolute atomic E-state index is 14.0. The topological polar surface area (TPSA) is 119 Å².